The lowest BCUT2D eigenvalue weighted by Gasteiger charge is -2.23. The van der Waals surface area contributed by atoms with Crippen molar-refractivity contribution in [3.8, 4) is 11.5 Å². The van der Waals surface area contributed by atoms with Crippen molar-refractivity contribution in [2.45, 2.75) is 19.4 Å². The molecule has 4 heteroatoms. The van der Waals surface area contributed by atoms with Gasteiger partial charge < -0.3 is 10.2 Å². The largest absolute Gasteiger partial charge is 0.504 e. The topological polar surface area (TPSA) is 75.7 Å². The number of rotatable bonds is 2. The molecule has 1 aromatic carbocycles. The molecule has 4 nitrogen and oxygen atoms in total. The van der Waals surface area contributed by atoms with Gasteiger partial charge in [-0.25, -0.2) is 5.90 Å². The summed E-state index contributed by atoms with van der Waals surface area (Å²) in [5.74, 6) is 4.69. The molecule has 72 valence electrons. The van der Waals surface area contributed by atoms with E-state index in [2.05, 4.69) is 4.84 Å². The zero-order chi connectivity index (χ0) is 10.1. The molecule has 13 heavy (non-hydrogen) atoms. The number of hydrogen-bond donors (Lipinski definition) is 3. The third-order valence-corrected chi connectivity index (χ3v) is 1.96. The van der Waals surface area contributed by atoms with Crippen LogP contribution in [0.5, 0.6) is 11.5 Å². The normalized spacial score (nSPS) is 11.6. The molecule has 0 amide bonds. The van der Waals surface area contributed by atoms with Crippen molar-refractivity contribution >= 4 is 0 Å². The van der Waals surface area contributed by atoms with Gasteiger partial charge >= 0.3 is 0 Å². The molecule has 1 aromatic rings. The van der Waals surface area contributed by atoms with Crippen LogP contribution in [-0.2, 0) is 10.4 Å². The number of aromatic hydroxyl groups is 2. The van der Waals surface area contributed by atoms with E-state index in [0.717, 1.165) is 0 Å². The monoisotopic (exact) mass is 183 g/mol. The second kappa shape index (κ2) is 3.24. The van der Waals surface area contributed by atoms with Gasteiger partial charge in [-0.3, -0.25) is 4.84 Å². The summed E-state index contributed by atoms with van der Waals surface area (Å²) in [6.07, 6.45) is 0. The average molecular weight is 183 g/mol. The van der Waals surface area contributed by atoms with Crippen molar-refractivity contribution in [3.63, 3.8) is 0 Å². The predicted molar refractivity (Wildman–Crippen MR) is 48.1 cm³/mol. The molecule has 0 bridgehead atoms. The highest BCUT2D eigenvalue weighted by molar-refractivity contribution is 5.46. The van der Waals surface area contributed by atoms with Crippen molar-refractivity contribution in [1.82, 2.24) is 0 Å². The van der Waals surface area contributed by atoms with Gasteiger partial charge in [0, 0.05) is 5.56 Å². The third-order valence-electron chi connectivity index (χ3n) is 1.96. The zero-order valence-electron chi connectivity index (χ0n) is 7.61. The van der Waals surface area contributed by atoms with E-state index in [-0.39, 0.29) is 11.5 Å². The lowest BCUT2D eigenvalue weighted by Crippen LogP contribution is -2.25. The first-order chi connectivity index (χ1) is 5.99. The van der Waals surface area contributed by atoms with E-state index >= 15 is 0 Å². The van der Waals surface area contributed by atoms with Gasteiger partial charge in [-0.05, 0) is 19.9 Å². The maximum Gasteiger partial charge on any atom is 0.163 e. The summed E-state index contributed by atoms with van der Waals surface area (Å²) < 4.78 is 0. The average Bonchev–Trinajstić information content (AvgIpc) is 2.09. The Morgan fingerprint density at radius 2 is 1.92 bits per heavy atom. The molecule has 1 rings (SSSR count). The van der Waals surface area contributed by atoms with Crippen LogP contribution in [0.2, 0.25) is 0 Å². The highest BCUT2D eigenvalue weighted by Crippen LogP contribution is 2.36. The molecular weight excluding hydrogens is 170 g/mol. The van der Waals surface area contributed by atoms with Gasteiger partial charge in [0.2, 0.25) is 0 Å². The van der Waals surface area contributed by atoms with Gasteiger partial charge in [-0.1, -0.05) is 12.1 Å². The fourth-order valence-corrected chi connectivity index (χ4v) is 1.08. The van der Waals surface area contributed by atoms with Gasteiger partial charge in [0.05, 0.1) is 0 Å². The number of hydrogen-bond acceptors (Lipinski definition) is 4. The Morgan fingerprint density at radius 1 is 1.31 bits per heavy atom. The molecule has 0 fully saturated rings. The van der Waals surface area contributed by atoms with Crippen molar-refractivity contribution in [1.29, 1.82) is 0 Å². The smallest absolute Gasteiger partial charge is 0.163 e. The van der Waals surface area contributed by atoms with E-state index in [1.807, 2.05) is 0 Å². The maximum absolute atomic E-state index is 9.48. The quantitative estimate of drug-likeness (QED) is 0.476. The van der Waals surface area contributed by atoms with Crippen LogP contribution < -0.4 is 5.90 Å². The lowest BCUT2D eigenvalue weighted by atomic mass is 9.97. The Kier molecular flexibility index (Phi) is 2.45. The Labute approximate surface area is 76.5 Å². The first-order valence-corrected chi connectivity index (χ1v) is 3.88. The standard InChI is InChI=1S/C9H13NO3/c1-9(2,13-10)6-4-3-5-7(11)8(6)12/h3-5,11-12H,10H2,1-2H3. The summed E-state index contributed by atoms with van der Waals surface area (Å²) in [4.78, 5) is 4.69. The van der Waals surface area contributed by atoms with E-state index in [0.29, 0.717) is 5.56 Å². The van der Waals surface area contributed by atoms with Crippen LogP contribution >= 0.6 is 0 Å². The molecule has 0 aliphatic rings. The van der Waals surface area contributed by atoms with Gasteiger partial charge in [0.1, 0.15) is 5.60 Å². The molecule has 0 aliphatic carbocycles. The Morgan fingerprint density at radius 3 is 2.46 bits per heavy atom. The molecule has 0 saturated carbocycles. The molecule has 0 heterocycles. The zero-order valence-corrected chi connectivity index (χ0v) is 7.61. The molecular formula is C9H13NO3. The Hall–Kier alpha value is -1.26. The summed E-state index contributed by atoms with van der Waals surface area (Å²) in [5, 5.41) is 18.7. The number of nitrogens with two attached hydrogens (primary N) is 1. The molecule has 0 unspecified atom stereocenters. The van der Waals surface area contributed by atoms with Gasteiger partial charge in [-0.15, -0.1) is 0 Å². The number of phenols is 2. The molecule has 0 saturated heterocycles. The first kappa shape index (κ1) is 9.83. The number of para-hydroxylation sites is 1. The van der Waals surface area contributed by atoms with E-state index in [4.69, 9.17) is 5.90 Å². The SMILES string of the molecule is CC(C)(ON)c1cccc(O)c1O. The Bertz CT molecular complexity index is 310. The molecule has 4 N–H and O–H groups in total. The number of phenolic OH excluding ortho intramolecular Hbond substituents is 2. The lowest BCUT2D eigenvalue weighted by molar-refractivity contribution is -0.0252. The first-order valence-electron chi connectivity index (χ1n) is 3.88. The molecule has 0 atom stereocenters. The summed E-state index contributed by atoms with van der Waals surface area (Å²) in [7, 11) is 0. The van der Waals surface area contributed by atoms with Crippen LogP contribution in [0.25, 0.3) is 0 Å². The molecule has 0 radical (unpaired) electrons. The Balaban J connectivity index is 3.22. The third kappa shape index (κ3) is 1.74. The number of benzene rings is 1. The van der Waals surface area contributed by atoms with Crippen LogP contribution in [0.1, 0.15) is 19.4 Å². The minimum atomic E-state index is -0.817. The van der Waals surface area contributed by atoms with Crippen molar-refractivity contribution in [2.24, 2.45) is 5.90 Å². The minimum Gasteiger partial charge on any atom is -0.504 e. The molecule has 0 aliphatic heterocycles. The van der Waals surface area contributed by atoms with Crippen LogP contribution in [0, 0.1) is 0 Å². The molecule has 0 aromatic heterocycles. The fraction of sp³-hybridized carbons (Fsp3) is 0.333. The highest BCUT2D eigenvalue weighted by atomic mass is 16.6. The second-order valence-corrected chi connectivity index (χ2v) is 3.30. The van der Waals surface area contributed by atoms with Crippen LogP contribution in [-0.4, -0.2) is 10.2 Å². The summed E-state index contributed by atoms with van der Waals surface area (Å²) in [6.45, 7) is 3.39. The summed E-state index contributed by atoms with van der Waals surface area (Å²) >= 11 is 0. The fourth-order valence-electron chi connectivity index (χ4n) is 1.08. The van der Waals surface area contributed by atoms with E-state index in [1.54, 1.807) is 26.0 Å². The maximum atomic E-state index is 9.48. The second-order valence-electron chi connectivity index (χ2n) is 3.30. The van der Waals surface area contributed by atoms with Crippen molar-refractivity contribution < 1.29 is 15.1 Å². The van der Waals surface area contributed by atoms with Gasteiger partial charge in [-0.2, -0.15) is 0 Å². The van der Waals surface area contributed by atoms with E-state index < -0.39 is 5.60 Å². The van der Waals surface area contributed by atoms with E-state index in [1.165, 1.54) is 6.07 Å². The molecule has 0 spiro atoms. The minimum absolute atomic E-state index is 0.178. The summed E-state index contributed by atoms with van der Waals surface area (Å²) in [5.41, 5.74) is -0.363. The van der Waals surface area contributed by atoms with Crippen LogP contribution in [0.4, 0.5) is 0 Å². The van der Waals surface area contributed by atoms with Gasteiger partial charge in [0.25, 0.3) is 0 Å². The van der Waals surface area contributed by atoms with Gasteiger partial charge in [0.15, 0.2) is 11.5 Å². The van der Waals surface area contributed by atoms with Crippen molar-refractivity contribution in [3.05, 3.63) is 23.8 Å². The highest BCUT2D eigenvalue weighted by Gasteiger charge is 2.25. The van der Waals surface area contributed by atoms with Crippen molar-refractivity contribution in [2.75, 3.05) is 0 Å². The predicted octanol–water partition coefficient (Wildman–Crippen LogP) is 1.22. The summed E-state index contributed by atoms with van der Waals surface area (Å²) in [6, 6.07) is 4.65. The van der Waals surface area contributed by atoms with Crippen LogP contribution in [0.3, 0.4) is 0 Å². The van der Waals surface area contributed by atoms with Crippen LogP contribution in [0.15, 0.2) is 18.2 Å². The van der Waals surface area contributed by atoms with E-state index in [9.17, 15) is 10.2 Å².